The molecule has 2 rings (SSSR count). The summed E-state index contributed by atoms with van der Waals surface area (Å²) in [5.41, 5.74) is 1.15. The zero-order valence-electron chi connectivity index (χ0n) is 17.8. The molecule has 0 fully saturated rings. The molecule has 0 N–H and O–H groups in total. The maximum Gasteiger partial charge on any atom is 0.513 e. The summed E-state index contributed by atoms with van der Waals surface area (Å²) in [7, 11) is 3.57. The van der Waals surface area contributed by atoms with Gasteiger partial charge in [-0.3, -0.25) is 0 Å². The summed E-state index contributed by atoms with van der Waals surface area (Å²) < 4.78 is 21.1. The molecule has 0 bridgehead atoms. The number of carbonyl (C=O) groups is 2. The Hall–Kier alpha value is -2.74. The van der Waals surface area contributed by atoms with E-state index in [0.717, 1.165) is 0 Å². The molecule has 9 heteroatoms. The summed E-state index contributed by atoms with van der Waals surface area (Å²) in [5, 5.41) is 0.431. The van der Waals surface area contributed by atoms with Gasteiger partial charge in [0.25, 0.3) is 0 Å². The molecular weight excluding hydrogens is 412 g/mol. The number of halogens is 1. The van der Waals surface area contributed by atoms with Gasteiger partial charge in [-0.25, -0.2) is 14.6 Å². The second-order valence-electron chi connectivity index (χ2n) is 6.53. The van der Waals surface area contributed by atoms with Crippen molar-refractivity contribution in [3.63, 3.8) is 0 Å². The SMILES string of the molecule is CCOC(=O)OC1=C(CC)N=C(N(C)C)C(OC(=O)OCC)C1c1ccccc1Cl. The fourth-order valence-electron chi connectivity index (χ4n) is 3.10. The first-order chi connectivity index (χ1) is 14.3. The van der Waals surface area contributed by atoms with E-state index in [1.165, 1.54) is 0 Å². The van der Waals surface area contributed by atoms with Crippen molar-refractivity contribution in [3.8, 4) is 0 Å². The highest BCUT2D eigenvalue weighted by molar-refractivity contribution is 6.31. The third kappa shape index (κ3) is 5.44. The predicted octanol–water partition coefficient (Wildman–Crippen LogP) is 4.73. The van der Waals surface area contributed by atoms with Gasteiger partial charge in [0.2, 0.25) is 0 Å². The van der Waals surface area contributed by atoms with E-state index in [-0.39, 0.29) is 19.0 Å². The van der Waals surface area contributed by atoms with Gasteiger partial charge in [-0.2, -0.15) is 0 Å². The molecule has 1 aromatic carbocycles. The zero-order valence-corrected chi connectivity index (χ0v) is 18.6. The van der Waals surface area contributed by atoms with E-state index in [1.807, 2.05) is 6.92 Å². The maximum absolute atomic E-state index is 12.2. The van der Waals surface area contributed by atoms with Gasteiger partial charge in [0, 0.05) is 19.1 Å². The minimum Gasteiger partial charge on any atom is -0.435 e. The van der Waals surface area contributed by atoms with Crippen LogP contribution in [0.5, 0.6) is 0 Å². The number of likely N-dealkylation sites (N-methyl/N-ethyl adjacent to an activating group) is 1. The standard InChI is InChI=1S/C21H27ClN2O6/c1-6-15-17(29-20(25)27-7-2)16(13-11-9-10-12-14(13)22)18(19(23-15)24(4)5)30-21(26)28-8-3/h9-12,16,18H,6-8H2,1-5H3. The lowest BCUT2D eigenvalue weighted by Crippen LogP contribution is -2.44. The fraction of sp³-hybridized carbons (Fsp3) is 0.476. The largest absolute Gasteiger partial charge is 0.513 e. The number of amidine groups is 1. The van der Waals surface area contributed by atoms with Crippen molar-refractivity contribution in [2.24, 2.45) is 4.99 Å². The van der Waals surface area contributed by atoms with Crippen LogP contribution < -0.4 is 0 Å². The van der Waals surface area contributed by atoms with Gasteiger partial charge in [-0.15, -0.1) is 0 Å². The van der Waals surface area contributed by atoms with Gasteiger partial charge in [-0.1, -0.05) is 36.7 Å². The average Bonchev–Trinajstić information content (AvgIpc) is 2.69. The highest BCUT2D eigenvalue weighted by Gasteiger charge is 2.43. The van der Waals surface area contributed by atoms with Crippen molar-refractivity contribution in [3.05, 3.63) is 46.3 Å². The topological polar surface area (TPSA) is 86.7 Å². The Bertz CT molecular complexity index is 837. The Labute approximate surface area is 181 Å². The van der Waals surface area contributed by atoms with Crippen LogP contribution in [0.3, 0.4) is 0 Å². The quantitative estimate of drug-likeness (QED) is 0.593. The average molecular weight is 439 g/mol. The molecule has 1 aliphatic heterocycles. The molecule has 0 saturated heterocycles. The fourth-order valence-corrected chi connectivity index (χ4v) is 3.35. The summed E-state index contributed by atoms with van der Waals surface area (Å²) in [5.74, 6) is -0.0256. The second-order valence-corrected chi connectivity index (χ2v) is 6.94. The first kappa shape index (κ1) is 23.5. The summed E-state index contributed by atoms with van der Waals surface area (Å²) in [4.78, 5) is 30.8. The molecule has 0 radical (unpaired) electrons. The normalized spacial score (nSPS) is 18.4. The van der Waals surface area contributed by atoms with Gasteiger partial charge < -0.3 is 23.8 Å². The molecule has 30 heavy (non-hydrogen) atoms. The summed E-state index contributed by atoms with van der Waals surface area (Å²) >= 11 is 6.48. The molecule has 8 nitrogen and oxygen atoms in total. The lowest BCUT2D eigenvalue weighted by molar-refractivity contribution is 0.0287. The molecule has 0 aliphatic carbocycles. The van der Waals surface area contributed by atoms with Gasteiger partial charge in [0.05, 0.1) is 24.8 Å². The maximum atomic E-state index is 12.2. The molecule has 1 aromatic rings. The molecule has 0 saturated carbocycles. The zero-order chi connectivity index (χ0) is 22.3. The monoisotopic (exact) mass is 438 g/mol. The third-order valence-corrected chi connectivity index (χ3v) is 4.69. The number of carbonyl (C=O) groups excluding carboxylic acids is 2. The Morgan fingerprint density at radius 1 is 1.07 bits per heavy atom. The van der Waals surface area contributed by atoms with Gasteiger partial charge in [-0.05, 0) is 31.9 Å². The van der Waals surface area contributed by atoms with E-state index in [2.05, 4.69) is 4.99 Å². The molecule has 0 spiro atoms. The molecule has 0 amide bonds. The number of benzene rings is 1. The van der Waals surface area contributed by atoms with E-state index >= 15 is 0 Å². The Morgan fingerprint density at radius 2 is 1.70 bits per heavy atom. The molecule has 1 aliphatic rings. The van der Waals surface area contributed by atoms with Gasteiger partial charge in [0.15, 0.2) is 6.10 Å². The van der Waals surface area contributed by atoms with Gasteiger partial charge in [0.1, 0.15) is 11.6 Å². The van der Waals surface area contributed by atoms with Crippen LogP contribution in [0.1, 0.15) is 38.7 Å². The lowest BCUT2D eigenvalue weighted by Gasteiger charge is -2.35. The number of ether oxygens (including phenoxy) is 4. The van der Waals surface area contributed by atoms with E-state index < -0.39 is 24.3 Å². The number of rotatable bonds is 6. The molecular formula is C21H27ClN2O6. The summed E-state index contributed by atoms with van der Waals surface area (Å²) in [6.45, 7) is 5.55. The van der Waals surface area contributed by atoms with Crippen molar-refractivity contribution >= 4 is 29.7 Å². The first-order valence-electron chi connectivity index (χ1n) is 9.75. The van der Waals surface area contributed by atoms with Crippen LogP contribution in [0.25, 0.3) is 0 Å². The number of hydrogen-bond donors (Lipinski definition) is 0. The highest BCUT2D eigenvalue weighted by Crippen LogP contribution is 2.41. The number of hydrogen-bond acceptors (Lipinski definition) is 8. The molecule has 1 heterocycles. The number of nitrogens with zero attached hydrogens (tertiary/aromatic N) is 2. The van der Waals surface area contributed by atoms with Crippen molar-refractivity contribution in [1.29, 1.82) is 0 Å². The number of aliphatic imine (C=N–C) groups is 1. The number of allylic oxidation sites excluding steroid dienone is 1. The van der Waals surface area contributed by atoms with Crippen LogP contribution in [0, 0.1) is 0 Å². The third-order valence-electron chi connectivity index (χ3n) is 4.35. The first-order valence-corrected chi connectivity index (χ1v) is 10.1. The van der Waals surface area contributed by atoms with E-state index in [0.29, 0.717) is 28.5 Å². The lowest BCUT2D eigenvalue weighted by atomic mass is 9.87. The van der Waals surface area contributed by atoms with Crippen molar-refractivity contribution in [1.82, 2.24) is 4.90 Å². The summed E-state index contributed by atoms with van der Waals surface area (Å²) in [6.07, 6.45) is -2.18. The van der Waals surface area contributed by atoms with Crippen LogP contribution in [0.4, 0.5) is 9.59 Å². The summed E-state index contributed by atoms with van der Waals surface area (Å²) in [6, 6.07) is 7.09. The van der Waals surface area contributed by atoms with Crippen LogP contribution in [-0.4, -0.2) is 56.5 Å². The Kier molecular flexibility index (Phi) is 8.53. The molecule has 2 unspecified atom stereocenters. The van der Waals surface area contributed by atoms with Crippen molar-refractivity contribution in [2.75, 3.05) is 27.3 Å². The highest BCUT2D eigenvalue weighted by atomic mass is 35.5. The second kappa shape index (κ2) is 10.9. The van der Waals surface area contributed by atoms with E-state index in [1.54, 1.807) is 57.1 Å². The van der Waals surface area contributed by atoms with E-state index in [4.69, 9.17) is 30.5 Å². The van der Waals surface area contributed by atoms with Crippen LogP contribution in [0.15, 0.2) is 40.7 Å². The van der Waals surface area contributed by atoms with Crippen molar-refractivity contribution in [2.45, 2.75) is 39.2 Å². The molecule has 164 valence electrons. The van der Waals surface area contributed by atoms with Crippen LogP contribution >= 0.6 is 11.6 Å². The van der Waals surface area contributed by atoms with Crippen LogP contribution in [-0.2, 0) is 18.9 Å². The minimum absolute atomic E-state index is 0.152. The van der Waals surface area contributed by atoms with E-state index in [9.17, 15) is 9.59 Å². The minimum atomic E-state index is -0.932. The molecule has 0 aromatic heterocycles. The Balaban J connectivity index is 2.66. The molecule has 2 atom stereocenters. The van der Waals surface area contributed by atoms with Crippen molar-refractivity contribution < 1.29 is 28.5 Å². The smallest absolute Gasteiger partial charge is 0.435 e. The van der Waals surface area contributed by atoms with Crippen LogP contribution in [0.2, 0.25) is 5.02 Å². The predicted molar refractivity (Wildman–Crippen MR) is 113 cm³/mol. The van der Waals surface area contributed by atoms with Gasteiger partial charge >= 0.3 is 12.3 Å². The Morgan fingerprint density at radius 3 is 2.27 bits per heavy atom.